The number of oxime groups is 1. The Morgan fingerprint density at radius 1 is 0.885 bits per heavy atom. The second kappa shape index (κ2) is 7.68. The number of hydrogen-bond donors (Lipinski definition) is 0. The molecule has 130 valence electrons. The van der Waals surface area contributed by atoms with Gasteiger partial charge in [0, 0.05) is 21.5 Å². The van der Waals surface area contributed by atoms with Crippen LogP contribution < -0.4 is 0 Å². The maximum absolute atomic E-state index is 6.10. The smallest absolute Gasteiger partial charge is 0.177 e. The van der Waals surface area contributed by atoms with E-state index in [9.17, 15) is 0 Å². The Hall–Kier alpha value is -2.04. The van der Waals surface area contributed by atoms with Crippen LogP contribution in [0.1, 0.15) is 17.5 Å². The summed E-state index contributed by atoms with van der Waals surface area (Å²) in [6, 6.07) is 29.1. The van der Waals surface area contributed by atoms with Gasteiger partial charge >= 0.3 is 0 Å². The normalized spacial score (nSPS) is 19.0. The maximum atomic E-state index is 6.10. The van der Waals surface area contributed by atoms with E-state index in [0.717, 1.165) is 27.9 Å². The van der Waals surface area contributed by atoms with Crippen LogP contribution in [0.3, 0.4) is 0 Å². The van der Waals surface area contributed by atoms with Gasteiger partial charge in [-0.25, -0.2) is 0 Å². The van der Waals surface area contributed by atoms with E-state index < -0.39 is 5.60 Å². The number of thioether (sulfide) groups is 1. The molecular weight excluding hydrogens is 406 g/mol. The molecule has 0 unspecified atom stereocenters. The van der Waals surface area contributed by atoms with E-state index in [2.05, 4.69) is 81.7 Å². The lowest BCUT2D eigenvalue weighted by atomic mass is 9.89. The van der Waals surface area contributed by atoms with Crippen molar-refractivity contribution in [3.63, 3.8) is 0 Å². The summed E-state index contributed by atoms with van der Waals surface area (Å²) >= 11 is 5.29. The third kappa shape index (κ3) is 3.71. The van der Waals surface area contributed by atoms with E-state index in [4.69, 9.17) is 4.84 Å². The Morgan fingerprint density at radius 3 is 2.23 bits per heavy atom. The molecular formula is C22H18BrNOS. The van der Waals surface area contributed by atoms with Crippen molar-refractivity contribution in [3.05, 3.63) is 101 Å². The minimum Gasteiger partial charge on any atom is -0.383 e. The standard InChI is InChI=1S/C22H18BrNOS/c23-19-13-11-17(12-14-19)21-15-22(25-24-21,18-7-3-1-4-8-18)16-26-20-9-5-2-6-10-20/h1-14H,15-16H2/t22-/m1/s1. The highest BCUT2D eigenvalue weighted by Crippen LogP contribution is 2.40. The van der Waals surface area contributed by atoms with Crippen LogP contribution in [0.5, 0.6) is 0 Å². The van der Waals surface area contributed by atoms with Crippen molar-refractivity contribution in [3.8, 4) is 0 Å². The molecule has 4 rings (SSSR count). The van der Waals surface area contributed by atoms with Gasteiger partial charge in [0.2, 0.25) is 0 Å². The van der Waals surface area contributed by atoms with Gasteiger partial charge in [-0.05, 0) is 35.4 Å². The fourth-order valence-corrected chi connectivity index (χ4v) is 4.38. The highest BCUT2D eigenvalue weighted by Gasteiger charge is 2.41. The first-order valence-electron chi connectivity index (χ1n) is 8.50. The zero-order valence-electron chi connectivity index (χ0n) is 14.1. The lowest BCUT2D eigenvalue weighted by Crippen LogP contribution is -2.29. The van der Waals surface area contributed by atoms with Crippen molar-refractivity contribution in [1.82, 2.24) is 0 Å². The molecule has 0 radical (unpaired) electrons. The molecule has 2 nitrogen and oxygen atoms in total. The zero-order valence-corrected chi connectivity index (χ0v) is 16.5. The summed E-state index contributed by atoms with van der Waals surface area (Å²) in [6.07, 6.45) is 0.762. The molecule has 3 aromatic rings. The third-order valence-corrected chi connectivity index (χ3v) is 6.22. The molecule has 0 bridgehead atoms. The van der Waals surface area contributed by atoms with E-state index in [1.807, 2.05) is 24.3 Å². The third-order valence-electron chi connectivity index (χ3n) is 4.48. The molecule has 0 aromatic heterocycles. The minimum atomic E-state index is -0.440. The van der Waals surface area contributed by atoms with Gasteiger partial charge in [-0.3, -0.25) is 0 Å². The number of nitrogens with zero attached hydrogens (tertiary/aromatic N) is 1. The van der Waals surface area contributed by atoms with Crippen molar-refractivity contribution < 1.29 is 4.84 Å². The molecule has 1 atom stereocenters. The Bertz CT molecular complexity index is 896. The topological polar surface area (TPSA) is 21.6 Å². The molecule has 0 spiro atoms. The monoisotopic (exact) mass is 423 g/mol. The van der Waals surface area contributed by atoms with Crippen LogP contribution in [-0.4, -0.2) is 11.5 Å². The Labute approximate surface area is 166 Å². The van der Waals surface area contributed by atoms with Crippen molar-refractivity contribution in [1.29, 1.82) is 0 Å². The average Bonchev–Trinajstić information content (AvgIpc) is 3.14. The summed E-state index contributed by atoms with van der Waals surface area (Å²) in [5.74, 6) is 0.810. The van der Waals surface area contributed by atoms with Gasteiger partial charge in [0.25, 0.3) is 0 Å². The van der Waals surface area contributed by atoms with Crippen molar-refractivity contribution in [2.45, 2.75) is 16.9 Å². The van der Waals surface area contributed by atoms with Crippen LogP contribution in [0, 0.1) is 0 Å². The number of rotatable bonds is 5. The Kier molecular flexibility index (Phi) is 5.14. The number of benzene rings is 3. The first-order valence-corrected chi connectivity index (χ1v) is 10.3. The van der Waals surface area contributed by atoms with E-state index in [-0.39, 0.29) is 0 Å². The fourth-order valence-electron chi connectivity index (χ4n) is 3.05. The largest absolute Gasteiger partial charge is 0.383 e. The molecule has 3 aromatic carbocycles. The molecule has 0 saturated carbocycles. The van der Waals surface area contributed by atoms with Gasteiger partial charge < -0.3 is 4.84 Å². The van der Waals surface area contributed by atoms with Gasteiger partial charge in [0.15, 0.2) is 5.60 Å². The lowest BCUT2D eigenvalue weighted by Gasteiger charge is -2.27. The zero-order chi connectivity index (χ0) is 17.8. The summed E-state index contributed by atoms with van der Waals surface area (Å²) < 4.78 is 1.06. The van der Waals surface area contributed by atoms with Crippen LogP contribution in [0.4, 0.5) is 0 Å². The Morgan fingerprint density at radius 2 is 1.54 bits per heavy atom. The van der Waals surface area contributed by atoms with Crippen LogP contribution in [0.15, 0.2) is 99.5 Å². The summed E-state index contributed by atoms with van der Waals surface area (Å²) in [6.45, 7) is 0. The first-order chi connectivity index (χ1) is 12.8. The van der Waals surface area contributed by atoms with Gasteiger partial charge in [0.05, 0.1) is 5.71 Å². The highest BCUT2D eigenvalue weighted by molar-refractivity contribution is 9.10. The summed E-state index contributed by atoms with van der Waals surface area (Å²) in [5.41, 5.74) is 2.83. The number of hydrogen-bond acceptors (Lipinski definition) is 3. The first kappa shape index (κ1) is 17.4. The van der Waals surface area contributed by atoms with Gasteiger partial charge in [-0.1, -0.05) is 81.7 Å². The fraction of sp³-hybridized carbons (Fsp3) is 0.136. The molecule has 4 heteroatoms. The van der Waals surface area contributed by atoms with E-state index in [0.29, 0.717) is 0 Å². The van der Waals surface area contributed by atoms with Crippen molar-refractivity contribution >= 4 is 33.4 Å². The average molecular weight is 424 g/mol. The van der Waals surface area contributed by atoms with Gasteiger partial charge in [-0.2, -0.15) is 0 Å². The van der Waals surface area contributed by atoms with E-state index in [1.54, 1.807) is 11.8 Å². The van der Waals surface area contributed by atoms with Gasteiger partial charge in [-0.15, -0.1) is 11.8 Å². The molecule has 26 heavy (non-hydrogen) atoms. The molecule has 0 N–H and O–H groups in total. The Balaban J connectivity index is 1.60. The van der Waals surface area contributed by atoms with E-state index in [1.165, 1.54) is 10.5 Å². The van der Waals surface area contributed by atoms with Crippen LogP contribution in [0.25, 0.3) is 0 Å². The maximum Gasteiger partial charge on any atom is 0.177 e. The predicted molar refractivity (Wildman–Crippen MR) is 112 cm³/mol. The lowest BCUT2D eigenvalue weighted by molar-refractivity contribution is -0.00317. The quantitative estimate of drug-likeness (QED) is 0.451. The second-order valence-electron chi connectivity index (χ2n) is 6.27. The minimum absolute atomic E-state index is 0.440. The molecule has 0 aliphatic carbocycles. The van der Waals surface area contributed by atoms with Crippen molar-refractivity contribution in [2.75, 3.05) is 5.75 Å². The summed E-state index contributed by atoms with van der Waals surface area (Å²) in [5, 5.41) is 4.47. The van der Waals surface area contributed by atoms with Crippen molar-refractivity contribution in [2.24, 2.45) is 5.16 Å². The molecule has 1 heterocycles. The van der Waals surface area contributed by atoms with Crippen LogP contribution in [0.2, 0.25) is 0 Å². The number of halogens is 1. The molecule has 1 aliphatic heterocycles. The van der Waals surface area contributed by atoms with Crippen LogP contribution in [-0.2, 0) is 10.4 Å². The summed E-state index contributed by atoms with van der Waals surface area (Å²) in [7, 11) is 0. The second-order valence-corrected chi connectivity index (χ2v) is 8.24. The van der Waals surface area contributed by atoms with Gasteiger partial charge in [0.1, 0.15) is 0 Å². The molecule has 0 amide bonds. The predicted octanol–water partition coefficient (Wildman–Crippen LogP) is 6.26. The molecule has 0 fully saturated rings. The molecule has 0 saturated heterocycles. The summed E-state index contributed by atoms with van der Waals surface area (Å²) in [4.78, 5) is 7.34. The molecule has 1 aliphatic rings. The highest BCUT2D eigenvalue weighted by atomic mass is 79.9. The van der Waals surface area contributed by atoms with Crippen LogP contribution >= 0.6 is 27.7 Å². The SMILES string of the molecule is Brc1ccc(C2=NO[C@](CSc3ccccc3)(c3ccccc3)C2)cc1. The van der Waals surface area contributed by atoms with E-state index >= 15 is 0 Å².